The summed E-state index contributed by atoms with van der Waals surface area (Å²) in [5.74, 6) is 0.236. The molecule has 114 valence electrons. The molecule has 3 aromatic rings. The van der Waals surface area contributed by atoms with Gasteiger partial charge < -0.3 is 9.30 Å². The van der Waals surface area contributed by atoms with Gasteiger partial charge >= 0.3 is 0 Å². The van der Waals surface area contributed by atoms with Crippen molar-refractivity contribution in [1.29, 1.82) is 5.26 Å². The Bertz CT molecular complexity index is 969. The SMILES string of the molecule is COc1cccc2c(=O)c(C#N)cn(Cc3ccc(F)cc3)c12. The predicted octanol–water partition coefficient (Wildman–Crippen LogP) is 3.07. The Labute approximate surface area is 132 Å². The zero-order valence-electron chi connectivity index (χ0n) is 12.4. The lowest BCUT2D eigenvalue weighted by Crippen LogP contribution is -2.14. The molecule has 23 heavy (non-hydrogen) atoms. The minimum Gasteiger partial charge on any atom is -0.495 e. The van der Waals surface area contributed by atoms with Crippen molar-refractivity contribution in [2.75, 3.05) is 7.11 Å². The Balaban J connectivity index is 2.26. The highest BCUT2D eigenvalue weighted by Gasteiger charge is 2.13. The number of hydrogen-bond acceptors (Lipinski definition) is 3. The second-order valence-corrected chi connectivity index (χ2v) is 5.09. The molecular weight excluding hydrogens is 295 g/mol. The lowest BCUT2D eigenvalue weighted by Gasteiger charge is -2.14. The maximum absolute atomic E-state index is 13.1. The van der Waals surface area contributed by atoms with Gasteiger partial charge in [0, 0.05) is 12.7 Å². The van der Waals surface area contributed by atoms with E-state index in [0.717, 1.165) is 5.56 Å². The van der Waals surface area contributed by atoms with E-state index in [-0.39, 0.29) is 16.8 Å². The van der Waals surface area contributed by atoms with E-state index in [9.17, 15) is 14.4 Å². The van der Waals surface area contributed by atoms with Gasteiger partial charge in [-0.15, -0.1) is 0 Å². The van der Waals surface area contributed by atoms with E-state index in [1.165, 1.54) is 25.4 Å². The zero-order chi connectivity index (χ0) is 16.4. The first-order valence-electron chi connectivity index (χ1n) is 6.98. The standard InChI is InChI=1S/C18H13FN2O2/c1-23-16-4-2-3-15-17(16)21(11-13(9-20)18(15)22)10-12-5-7-14(19)8-6-12/h2-8,11H,10H2,1H3. The van der Waals surface area contributed by atoms with Crippen LogP contribution in [0.1, 0.15) is 11.1 Å². The van der Waals surface area contributed by atoms with Crippen LogP contribution < -0.4 is 10.2 Å². The Kier molecular flexibility index (Phi) is 3.82. The van der Waals surface area contributed by atoms with Crippen molar-refractivity contribution in [2.24, 2.45) is 0 Å². The topological polar surface area (TPSA) is 55.0 Å². The van der Waals surface area contributed by atoms with Gasteiger partial charge in [-0.1, -0.05) is 18.2 Å². The minimum atomic E-state index is -0.322. The van der Waals surface area contributed by atoms with Crippen LogP contribution in [0, 0.1) is 17.1 Å². The number of halogens is 1. The first kappa shape index (κ1) is 14.8. The van der Waals surface area contributed by atoms with Crippen LogP contribution in [0.3, 0.4) is 0 Å². The summed E-state index contributed by atoms with van der Waals surface area (Å²) < 4.78 is 20.2. The van der Waals surface area contributed by atoms with Gasteiger partial charge in [0.05, 0.1) is 18.0 Å². The normalized spacial score (nSPS) is 10.5. The summed E-state index contributed by atoms with van der Waals surface area (Å²) in [5, 5.41) is 9.61. The second-order valence-electron chi connectivity index (χ2n) is 5.09. The molecule has 3 rings (SSSR count). The third kappa shape index (κ3) is 2.67. The molecule has 0 N–H and O–H groups in total. The summed E-state index contributed by atoms with van der Waals surface area (Å²) >= 11 is 0. The third-order valence-corrected chi connectivity index (χ3v) is 3.67. The van der Waals surface area contributed by atoms with Crippen LogP contribution in [0.4, 0.5) is 4.39 Å². The number of pyridine rings is 1. The highest BCUT2D eigenvalue weighted by molar-refractivity contribution is 5.86. The van der Waals surface area contributed by atoms with Gasteiger partial charge in [-0.2, -0.15) is 5.26 Å². The summed E-state index contributed by atoms with van der Waals surface area (Å²) in [5.41, 5.74) is 1.21. The Morgan fingerprint density at radius 3 is 2.61 bits per heavy atom. The Hall–Kier alpha value is -3.13. The van der Waals surface area contributed by atoms with Crippen molar-refractivity contribution in [3.8, 4) is 11.8 Å². The van der Waals surface area contributed by atoms with E-state index in [1.54, 1.807) is 34.9 Å². The molecule has 0 spiro atoms. The highest BCUT2D eigenvalue weighted by Crippen LogP contribution is 2.24. The molecule has 0 saturated carbocycles. The molecule has 0 atom stereocenters. The Morgan fingerprint density at radius 1 is 1.22 bits per heavy atom. The second kappa shape index (κ2) is 5.93. The van der Waals surface area contributed by atoms with Crippen LogP contribution in [0.15, 0.2) is 53.5 Å². The average Bonchev–Trinajstić information content (AvgIpc) is 2.58. The van der Waals surface area contributed by atoms with E-state index in [2.05, 4.69) is 0 Å². The molecular formula is C18H13FN2O2. The van der Waals surface area contributed by atoms with Gasteiger partial charge in [-0.25, -0.2) is 4.39 Å². The summed E-state index contributed by atoms with van der Waals surface area (Å²) in [6.07, 6.45) is 1.51. The quantitative estimate of drug-likeness (QED) is 0.747. The lowest BCUT2D eigenvalue weighted by atomic mass is 10.1. The molecule has 0 unspecified atom stereocenters. The minimum absolute atomic E-state index is 0.0628. The lowest BCUT2D eigenvalue weighted by molar-refractivity contribution is 0.417. The number of nitrogens with zero attached hydrogens (tertiary/aromatic N) is 2. The monoisotopic (exact) mass is 308 g/mol. The maximum Gasteiger partial charge on any atom is 0.207 e. The van der Waals surface area contributed by atoms with E-state index in [0.29, 0.717) is 23.2 Å². The number of rotatable bonds is 3. The molecule has 0 aliphatic rings. The van der Waals surface area contributed by atoms with E-state index in [4.69, 9.17) is 4.74 Å². The van der Waals surface area contributed by atoms with Crippen molar-refractivity contribution in [3.63, 3.8) is 0 Å². The largest absolute Gasteiger partial charge is 0.495 e. The highest BCUT2D eigenvalue weighted by atomic mass is 19.1. The van der Waals surface area contributed by atoms with Gasteiger partial charge in [0.15, 0.2) is 0 Å². The van der Waals surface area contributed by atoms with Crippen molar-refractivity contribution < 1.29 is 9.13 Å². The number of ether oxygens (including phenoxy) is 1. The van der Waals surface area contributed by atoms with Gasteiger partial charge in [0.25, 0.3) is 0 Å². The number of aromatic nitrogens is 1. The summed E-state index contributed by atoms with van der Waals surface area (Å²) in [7, 11) is 1.53. The van der Waals surface area contributed by atoms with Gasteiger partial charge in [-0.3, -0.25) is 4.79 Å². The number of methoxy groups -OCH3 is 1. The fourth-order valence-electron chi connectivity index (χ4n) is 2.58. The van der Waals surface area contributed by atoms with E-state index >= 15 is 0 Å². The number of benzene rings is 2. The molecule has 5 heteroatoms. The predicted molar refractivity (Wildman–Crippen MR) is 85.0 cm³/mol. The van der Waals surface area contributed by atoms with Crippen LogP contribution in [0.5, 0.6) is 5.75 Å². The van der Waals surface area contributed by atoms with Crippen molar-refractivity contribution in [1.82, 2.24) is 4.57 Å². The summed E-state index contributed by atoms with van der Waals surface area (Å²) in [6, 6.07) is 13.2. The smallest absolute Gasteiger partial charge is 0.207 e. The fourth-order valence-corrected chi connectivity index (χ4v) is 2.58. The summed E-state index contributed by atoms with van der Waals surface area (Å²) in [6.45, 7) is 0.395. The van der Waals surface area contributed by atoms with Gasteiger partial charge in [0.2, 0.25) is 5.43 Å². The molecule has 1 aromatic heterocycles. The first-order chi connectivity index (χ1) is 11.1. The van der Waals surface area contributed by atoms with Crippen LogP contribution in [0.25, 0.3) is 10.9 Å². The molecule has 0 amide bonds. The Morgan fingerprint density at radius 2 is 1.96 bits per heavy atom. The number of nitriles is 1. The molecule has 0 saturated heterocycles. The maximum atomic E-state index is 13.1. The molecule has 0 aliphatic carbocycles. The number of hydrogen-bond donors (Lipinski definition) is 0. The summed E-state index contributed by atoms with van der Waals surface area (Å²) in [4.78, 5) is 12.3. The van der Waals surface area contributed by atoms with Crippen LogP contribution in [0.2, 0.25) is 0 Å². The van der Waals surface area contributed by atoms with E-state index < -0.39 is 0 Å². The van der Waals surface area contributed by atoms with Gasteiger partial charge in [-0.05, 0) is 29.8 Å². The first-order valence-corrected chi connectivity index (χ1v) is 6.98. The number of para-hydroxylation sites is 1. The zero-order valence-corrected chi connectivity index (χ0v) is 12.4. The number of fused-ring (bicyclic) bond motifs is 1. The fraction of sp³-hybridized carbons (Fsp3) is 0.111. The molecule has 0 radical (unpaired) electrons. The third-order valence-electron chi connectivity index (χ3n) is 3.67. The molecule has 1 heterocycles. The van der Waals surface area contributed by atoms with Crippen LogP contribution in [-0.4, -0.2) is 11.7 Å². The molecule has 0 aliphatic heterocycles. The van der Waals surface area contributed by atoms with Crippen LogP contribution >= 0.6 is 0 Å². The van der Waals surface area contributed by atoms with Crippen LogP contribution in [-0.2, 0) is 6.54 Å². The van der Waals surface area contributed by atoms with Crippen molar-refractivity contribution >= 4 is 10.9 Å². The molecule has 4 nitrogen and oxygen atoms in total. The van der Waals surface area contributed by atoms with Crippen molar-refractivity contribution in [2.45, 2.75) is 6.54 Å². The van der Waals surface area contributed by atoms with Crippen molar-refractivity contribution in [3.05, 3.63) is 75.8 Å². The average molecular weight is 308 g/mol. The molecule has 0 bridgehead atoms. The van der Waals surface area contributed by atoms with Gasteiger partial charge in [0.1, 0.15) is 23.2 Å². The molecule has 0 fully saturated rings. The van der Waals surface area contributed by atoms with E-state index in [1.807, 2.05) is 6.07 Å². The molecule has 2 aromatic carbocycles.